The first kappa shape index (κ1) is 17.1. The van der Waals surface area contributed by atoms with Gasteiger partial charge in [0.2, 0.25) is 10.0 Å². The van der Waals surface area contributed by atoms with Crippen molar-refractivity contribution in [3.63, 3.8) is 0 Å². The fraction of sp³-hybridized carbons (Fsp3) is 0.583. The number of methoxy groups -OCH3 is 1. The van der Waals surface area contributed by atoms with Crippen LogP contribution in [0.3, 0.4) is 0 Å². The van der Waals surface area contributed by atoms with Gasteiger partial charge < -0.3 is 9.84 Å². The fourth-order valence-electron chi connectivity index (χ4n) is 1.45. The fourth-order valence-corrected chi connectivity index (χ4v) is 4.31. The Hall–Kier alpha value is -0.960. The number of carbonyl (C=O) groups is 1. The molecule has 1 rings (SSSR count). The molecule has 0 saturated carbocycles. The van der Waals surface area contributed by atoms with E-state index in [1.165, 1.54) is 14.0 Å². The zero-order valence-electron chi connectivity index (χ0n) is 11.9. The third kappa shape index (κ3) is 3.78. The summed E-state index contributed by atoms with van der Waals surface area (Å²) in [6.07, 6.45) is 0.405. The van der Waals surface area contributed by atoms with E-state index in [-0.39, 0.29) is 16.3 Å². The van der Waals surface area contributed by atoms with E-state index in [2.05, 4.69) is 9.46 Å². The summed E-state index contributed by atoms with van der Waals surface area (Å²) in [6, 6.07) is 0. The van der Waals surface area contributed by atoms with Gasteiger partial charge in [0, 0.05) is 6.54 Å². The lowest BCUT2D eigenvalue weighted by atomic mass is 10.1. The predicted octanol–water partition coefficient (Wildman–Crippen LogP) is 1.28. The second-order valence-corrected chi connectivity index (χ2v) is 7.33. The summed E-state index contributed by atoms with van der Waals surface area (Å²) in [5.41, 5.74) is -0.665. The lowest BCUT2D eigenvalue weighted by Gasteiger charge is -2.21. The number of hydrogen-bond donors (Lipinski definition) is 2. The Morgan fingerprint density at radius 1 is 1.55 bits per heavy atom. The minimum Gasteiger partial charge on any atom is -0.465 e. The maximum Gasteiger partial charge on any atom is 0.349 e. The maximum absolute atomic E-state index is 12.3. The summed E-state index contributed by atoms with van der Waals surface area (Å²) in [5, 5.41) is 11.4. The van der Waals surface area contributed by atoms with Crippen LogP contribution in [0.1, 0.15) is 35.5 Å². The number of esters is 1. The maximum atomic E-state index is 12.3. The number of ether oxygens (including phenoxy) is 1. The van der Waals surface area contributed by atoms with Crippen LogP contribution in [0, 0.1) is 6.92 Å². The van der Waals surface area contributed by atoms with Gasteiger partial charge in [-0.3, -0.25) is 0 Å². The highest BCUT2D eigenvalue weighted by atomic mass is 32.2. The Morgan fingerprint density at radius 2 is 2.15 bits per heavy atom. The minimum absolute atomic E-state index is 0.0358. The second kappa shape index (κ2) is 6.21. The van der Waals surface area contributed by atoms with Gasteiger partial charge in [0.25, 0.3) is 0 Å². The molecular formula is C12H19NO5S2. The van der Waals surface area contributed by atoms with E-state index in [1.54, 1.807) is 19.2 Å². The molecule has 1 heterocycles. The second-order valence-electron chi connectivity index (χ2n) is 4.74. The Balaban J connectivity index is 3.10. The van der Waals surface area contributed by atoms with Crippen molar-refractivity contribution in [2.45, 2.75) is 37.7 Å². The molecule has 1 atom stereocenters. The first-order valence-corrected chi connectivity index (χ1v) is 8.39. The van der Waals surface area contributed by atoms with Gasteiger partial charge in [0.15, 0.2) is 0 Å². The van der Waals surface area contributed by atoms with Crippen LogP contribution in [0.25, 0.3) is 0 Å². The molecule has 0 aliphatic rings. The molecule has 1 unspecified atom stereocenters. The largest absolute Gasteiger partial charge is 0.465 e. The number of hydrogen-bond acceptors (Lipinski definition) is 6. The van der Waals surface area contributed by atoms with Gasteiger partial charge in [-0.1, -0.05) is 6.92 Å². The van der Waals surface area contributed by atoms with E-state index >= 15 is 0 Å². The predicted molar refractivity (Wildman–Crippen MR) is 76.5 cm³/mol. The topological polar surface area (TPSA) is 92.7 Å². The minimum atomic E-state index is -3.88. The first-order valence-electron chi connectivity index (χ1n) is 6.03. The van der Waals surface area contributed by atoms with Crippen LogP contribution in [0.4, 0.5) is 0 Å². The summed E-state index contributed by atoms with van der Waals surface area (Å²) in [6.45, 7) is 4.78. The van der Waals surface area contributed by atoms with Crippen LogP contribution in [0.15, 0.2) is 10.3 Å². The van der Waals surface area contributed by atoms with Crippen molar-refractivity contribution in [2.75, 3.05) is 13.7 Å². The highest BCUT2D eigenvalue weighted by Gasteiger charge is 2.29. The highest BCUT2D eigenvalue weighted by Crippen LogP contribution is 2.27. The molecule has 114 valence electrons. The molecule has 8 heteroatoms. The van der Waals surface area contributed by atoms with E-state index in [0.29, 0.717) is 12.0 Å². The Labute approximate surface area is 122 Å². The van der Waals surface area contributed by atoms with Crippen molar-refractivity contribution in [3.05, 3.63) is 15.8 Å². The van der Waals surface area contributed by atoms with Crippen molar-refractivity contribution < 1.29 is 23.1 Å². The molecule has 0 bridgehead atoms. The molecule has 20 heavy (non-hydrogen) atoms. The summed E-state index contributed by atoms with van der Waals surface area (Å²) in [5.74, 6) is -0.689. The van der Waals surface area contributed by atoms with Crippen molar-refractivity contribution in [1.29, 1.82) is 0 Å². The van der Waals surface area contributed by atoms with Crippen LogP contribution in [-0.2, 0) is 14.8 Å². The van der Waals surface area contributed by atoms with Crippen molar-refractivity contribution in [1.82, 2.24) is 4.72 Å². The number of sulfonamides is 1. The summed E-state index contributed by atoms with van der Waals surface area (Å²) in [7, 11) is -2.68. The Kier molecular flexibility index (Phi) is 5.31. The smallest absolute Gasteiger partial charge is 0.349 e. The molecule has 0 amide bonds. The number of thiophene rings is 1. The molecule has 6 nitrogen and oxygen atoms in total. The van der Waals surface area contributed by atoms with E-state index in [4.69, 9.17) is 0 Å². The van der Waals surface area contributed by atoms with Crippen LogP contribution in [0.5, 0.6) is 0 Å². The Morgan fingerprint density at radius 3 is 2.65 bits per heavy atom. The third-order valence-electron chi connectivity index (χ3n) is 2.96. The molecule has 1 aromatic rings. The van der Waals surface area contributed by atoms with E-state index in [0.717, 1.165) is 11.3 Å². The molecule has 0 saturated heterocycles. The van der Waals surface area contributed by atoms with Gasteiger partial charge in [-0.2, -0.15) is 0 Å². The van der Waals surface area contributed by atoms with E-state index in [9.17, 15) is 18.3 Å². The van der Waals surface area contributed by atoms with Crippen LogP contribution in [0.2, 0.25) is 0 Å². The molecule has 0 aromatic carbocycles. The summed E-state index contributed by atoms with van der Waals surface area (Å²) < 4.78 is 31.5. The summed E-state index contributed by atoms with van der Waals surface area (Å²) in [4.78, 5) is 11.6. The van der Waals surface area contributed by atoms with Gasteiger partial charge in [0.1, 0.15) is 9.77 Å². The third-order valence-corrected chi connectivity index (χ3v) is 5.76. The SMILES string of the molecule is CCC(C)(O)CNS(=O)(=O)c1c(C)csc1C(=O)OC. The molecule has 1 aromatic heterocycles. The molecule has 0 radical (unpaired) electrons. The van der Waals surface area contributed by atoms with Gasteiger partial charge >= 0.3 is 5.97 Å². The zero-order chi connectivity index (χ0) is 15.6. The normalized spacial score (nSPS) is 14.8. The quantitative estimate of drug-likeness (QED) is 0.770. The number of rotatable bonds is 6. The molecule has 0 aliphatic heterocycles. The average Bonchev–Trinajstić information content (AvgIpc) is 2.78. The van der Waals surface area contributed by atoms with E-state index < -0.39 is 21.6 Å². The van der Waals surface area contributed by atoms with Crippen LogP contribution in [-0.4, -0.2) is 38.7 Å². The first-order chi connectivity index (χ1) is 9.14. The molecular weight excluding hydrogens is 302 g/mol. The Bertz CT molecular complexity index is 589. The van der Waals surface area contributed by atoms with Crippen LogP contribution < -0.4 is 4.72 Å². The zero-order valence-corrected chi connectivity index (χ0v) is 13.5. The number of nitrogens with one attached hydrogen (secondary N) is 1. The lowest BCUT2D eigenvalue weighted by molar-refractivity contribution is 0.0602. The number of carbonyl (C=O) groups excluding carboxylic acids is 1. The van der Waals surface area contributed by atoms with Gasteiger partial charge in [-0.15, -0.1) is 11.3 Å². The van der Waals surface area contributed by atoms with Crippen LogP contribution >= 0.6 is 11.3 Å². The van der Waals surface area contributed by atoms with E-state index in [1.807, 2.05) is 0 Å². The van der Waals surface area contributed by atoms with Crippen molar-refractivity contribution >= 4 is 27.3 Å². The van der Waals surface area contributed by atoms with Crippen molar-refractivity contribution in [3.8, 4) is 0 Å². The standard InChI is InChI=1S/C12H19NO5S2/c1-5-12(3,15)7-13-20(16,17)10-8(2)6-19-9(10)11(14)18-4/h6,13,15H,5,7H2,1-4H3. The van der Waals surface area contributed by atoms with Gasteiger partial charge in [0.05, 0.1) is 12.7 Å². The molecule has 0 spiro atoms. The van der Waals surface area contributed by atoms with Gasteiger partial charge in [-0.25, -0.2) is 17.9 Å². The highest BCUT2D eigenvalue weighted by molar-refractivity contribution is 7.89. The van der Waals surface area contributed by atoms with Crippen molar-refractivity contribution in [2.24, 2.45) is 0 Å². The molecule has 0 fully saturated rings. The monoisotopic (exact) mass is 321 g/mol. The van der Waals surface area contributed by atoms with Gasteiger partial charge in [-0.05, 0) is 31.2 Å². The molecule has 0 aliphatic carbocycles. The summed E-state index contributed by atoms with van der Waals surface area (Å²) >= 11 is 1.02. The average molecular weight is 321 g/mol. The number of aryl methyl sites for hydroxylation is 1. The lowest BCUT2D eigenvalue weighted by Crippen LogP contribution is -2.40. The molecule has 2 N–H and O–H groups in total. The number of aliphatic hydroxyl groups is 1.